The summed E-state index contributed by atoms with van der Waals surface area (Å²) in [6.07, 6.45) is 3.34. The van der Waals surface area contributed by atoms with Gasteiger partial charge in [-0.15, -0.1) is 11.3 Å². The van der Waals surface area contributed by atoms with Gasteiger partial charge >= 0.3 is 0 Å². The van der Waals surface area contributed by atoms with Gasteiger partial charge in [0.15, 0.2) is 5.13 Å². The van der Waals surface area contributed by atoms with E-state index in [2.05, 4.69) is 31.3 Å². The molecule has 2 aromatic rings. The van der Waals surface area contributed by atoms with Crippen molar-refractivity contribution in [3.8, 4) is 0 Å². The number of rotatable bonds is 3. The highest BCUT2D eigenvalue weighted by Crippen LogP contribution is 2.20. The van der Waals surface area contributed by atoms with E-state index in [1.807, 2.05) is 12.3 Å². The van der Waals surface area contributed by atoms with Crippen molar-refractivity contribution in [1.82, 2.24) is 14.8 Å². The molecule has 2 rings (SSSR count). The van der Waals surface area contributed by atoms with Crippen LogP contribution in [0.5, 0.6) is 0 Å². The van der Waals surface area contributed by atoms with Gasteiger partial charge in [-0.1, -0.05) is 0 Å². The second kappa shape index (κ2) is 4.97. The molecule has 0 bridgehead atoms. The van der Waals surface area contributed by atoms with Gasteiger partial charge in [0.1, 0.15) is 6.04 Å². The number of nitrogens with zero attached hydrogens (tertiary/aromatic N) is 3. The van der Waals surface area contributed by atoms with Crippen molar-refractivity contribution in [2.24, 2.45) is 0 Å². The predicted molar refractivity (Wildman–Crippen MR) is 70.1 cm³/mol. The Bertz CT molecular complexity index is 522. The van der Waals surface area contributed by atoms with Crippen LogP contribution >= 0.6 is 27.3 Å². The summed E-state index contributed by atoms with van der Waals surface area (Å²) in [4.78, 5) is 16.0. The molecule has 1 atom stereocenters. The van der Waals surface area contributed by atoms with Gasteiger partial charge in [-0.25, -0.2) is 4.98 Å². The van der Waals surface area contributed by atoms with Crippen molar-refractivity contribution < 1.29 is 4.79 Å². The molecular formula is C10H11BrN4OS. The third kappa shape index (κ3) is 2.55. The summed E-state index contributed by atoms with van der Waals surface area (Å²) in [6, 6.07) is -0.370. The van der Waals surface area contributed by atoms with Crippen molar-refractivity contribution in [3.63, 3.8) is 0 Å². The van der Waals surface area contributed by atoms with Gasteiger partial charge in [-0.2, -0.15) is 5.10 Å². The average Bonchev–Trinajstić information content (AvgIpc) is 2.90. The molecule has 1 unspecified atom stereocenters. The van der Waals surface area contributed by atoms with Crippen LogP contribution in [0.3, 0.4) is 0 Å². The molecule has 0 spiro atoms. The van der Waals surface area contributed by atoms with Gasteiger partial charge in [0.05, 0.1) is 16.4 Å². The summed E-state index contributed by atoms with van der Waals surface area (Å²) in [5, 5.41) is 9.32. The Hall–Kier alpha value is -1.21. The van der Waals surface area contributed by atoms with Gasteiger partial charge in [0.25, 0.3) is 5.91 Å². The number of nitrogens with one attached hydrogen (secondary N) is 1. The van der Waals surface area contributed by atoms with E-state index in [0.29, 0.717) is 5.13 Å². The van der Waals surface area contributed by atoms with Crippen LogP contribution in [0.4, 0.5) is 5.13 Å². The van der Waals surface area contributed by atoms with Crippen LogP contribution < -0.4 is 5.32 Å². The lowest BCUT2D eigenvalue weighted by atomic mass is 10.3. The molecule has 0 aliphatic carbocycles. The first-order chi connectivity index (χ1) is 8.09. The third-order valence-electron chi connectivity index (χ3n) is 2.39. The number of hydrogen-bond acceptors (Lipinski definition) is 4. The first-order valence-corrected chi connectivity index (χ1v) is 6.67. The standard InChI is InChI=1S/C10H11BrN4OS/c1-6-8(11)5-13-15(6)7(2)9(16)14-10-12-3-4-17-10/h3-5,7H,1-2H3,(H,12,14,16). The maximum absolute atomic E-state index is 12.0. The van der Waals surface area contributed by atoms with E-state index in [4.69, 9.17) is 0 Å². The number of amides is 1. The SMILES string of the molecule is Cc1c(Br)cnn1C(C)C(=O)Nc1nccs1. The fraction of sp³-hybridized carbons (Fsp3) is 0.300. The summed E-state index contributed by atoms with van der Waals surface area (Å²) in [5.74, 6) is -0.126. The number of carbonyl (C=O) groups is 1. The Kier molecular flexibility index (Phi) is 3.58. The second-order valence-corrected chi connectivity index (χ2v) is 5.27. The summed E-state index contributed by atoms with van der Waals surface area (Å²) in [5.41, 5.74) is 0.923. The van der Waals surface area contributed by atoms with Crippen LogP contribution in [0, 0.1) is 6.92 Å². The summed E-state index contributed by atoms with van der Waals surface area (Å²) in [6.45, 7) is 3.71. The molecule has 0 saturated heterocycles. The topological polar surface area (TPSA) is 59.8 Å². The number of halogens is 1. The zero-order valence-corrected chi connectivity index (χ0v) is 11.7. The van der Waals surface area contributed by atoms with Crippen molar-refractivity contribution in [2.75, 3.05) is 5.32 Å². The van der Waals surface area contributed by atoms with E-state index in [0.717, 1.165) is 10.2 Å². The van der Waals surface area contributed by atoms with Crippen LogP contribution in [-0.4, -0.2) is 20.7 Å². The zero-order chi connectivity index (χ0) is 12.4. The monoisotopic (exact) mass is 314 g/mol. The highest BCUT2D eigenvalue weighted by atomic mass is 79.9. The molecule has 5 nitrogen and oxygen atoms in total. The van der Waals surface area contributed by atoms with Gasteiger partial charge in [0, 0.05) is 11.6 Å². The number of anilines is 1. The van der Waals surface area contributed by atoms with Gasteiger partial charge < -0.3 is 5.32 Å². The average molecular weight is 315 g/mol. The van der Waals surface area contributed by atoms with Crippen molar-refractivity contribution in [3.05, 3.63) is 27.9 Å². The number of carbonyl (C=O) groups excluding carboxylic acids is 1. The lowest BCUT2D eigenvalue weighted by molar-refractivity contribution is -0.119. The number of aromatic nitrogens is 3. The zero-order valence-electron chi connectivity index (χ0n) is 9.35. The van der Waals surface area contributed by atoms with Crippen LogP contribution in [0.15, 0.2) is 22.2 Å². The maximum atomic E-state index is 12.0. The Morgan fingerprint density at radius 2 is 2.41 bits per heavy atom. The third-order valence-corrected chi connectivity index (χ3v) is 3.86. The number of hydrogen-bond donors (Lipinski definition) is 1. The molecule has 0 fully saturated rings. The Morgan fingerprint density at radius 3 is 2.94 bits per heavy atom. The molecule has 90 valence electrons. The molecule has 1 amide bonds. The lowest BCUT2D eigenvalue weighted by Gasteiger charge is -2.13. The maximum Gasteiger partial charge on any atom is 0.250 e. The largest absolute Gasteiger partial charge is 0.300 e. The van der Waals surface area contributed by atoms with Gasteiger partial charge in [0.2, 0.25) is 0 Å². The Labute approximate surface area is 111 Å². The summed E-state index contributed by atoms with van der Waals surface area (Å²) in [7, 11) is 0. The first-order valence-electron chi connectivity index (χ1n) is 4.99. The van der Waals surface area contributed by atoms with E-state index in [1.54, 1.807) is 24.0 Å². The Balaban J connectivity index is 2.12. The number of thiazole rings is 1. The van der Waals surface area contributed by atoms with Crippen molar-refractivity contribution in [1.29, 1.82) is 0 Å². The quantitative estimate of drug-likeness (QED) is 0.947. The van der Waals surface area contributed by atoms with E-state index >= 15 is 0 Å². The Morgan fingerprint density at radius 1 is 1.65 bits per heavy atom. The van der Waals surface area contributed by atoms with E-state index < -0.39 is 0 Å². The summed E-state index contributed by atoms with van der Waals surface area (Å²) < 4.78 is 2.57. The molecule has 0 radical (unpaired) electrons. The molecular weight excluding hydrogens is 304 g/mol. The molecule has 7 heteroatoms. The van der Waals surface area contributed by atoms with E-state index in [9.17, 15) is 4.79 Å². The van der Waals surface area contributed by atoms with Crippen LogP contribution in [0.1, 0.15) is 18.7 Å². The second-order valence-electron chi connectivity index (χ2n) is 3.52. The van der Waals surface area contributed by atoms with Gasteiger partial charge in [-0.3, -0.25) is 9.48 Å². The molecule has 0 saturated carbocycles. The fourth-order valence-corrected chi connectivity index (χ4v) is 2.20. The van der Waals surface area contributed by atoms with Gasteiger partial charge in [-0.05, 0) is 29.8 Å². The van der Waals surface area contributed by atoms with Crippen molar-refractivity contribution >= 4 is 38.3 Å². The van der Waals surface area contributed by atoms with E-state index in [1.165, 1.54) is 11.3 Å². The molecule has 0 aliphatic rings. The van der Waals surface area contributed by atoms with E-state index in [-0.39, 0.29) is 11.9 Å². The minimum Gasteiger partial charge on any atom is -0.300 e. The molecule has 2 heterocycles. The molecule has 0 aliphatic heterocycles. The highest BCUT2D eigenvalue weighted by molar-refractivity contribution is 9.10. The van der Waals surface area contributed by atoms with Crippen LogP contribution in [0.25, 0.3) is 0 Å². The predicted octanol–water partition coefficient (Wildman–Crippen LogP) is 2.61. The molecule has 17 heavy (non-hydrogen) atoms. The highest BCUT2D eigenvalue weighted by Gasteiger charge is 2.19. The smallest absolute Gasteiger partial charge is 0.250 e. The normalized spacial score (nSPS) is 12.4. The minimum atomic E-state index is -0.370. The van der Waals surface area contributed by atoms with Crippen LogP contribution in [-0.2, 0) is 4.79 Å². The summed E-state index contributed by atoms with van der Waals surface area (Å²) >= 11 is 4.76. The molecule has 2 aromatic heterocycles. The van der Waals surface area contributed by atoms with Crippen molar-refractivity contribution in [2.45, 2.75) is 19.9 Å². The fourth-order valence-electron chi connectivity index (χ4n) is 1.40. The van der Waals surface area contributed by atoms with Crippen LogP contribution in [0.2, 0.25) is 0 Å². The molecule has 1 N–H and O–H groups in total. The minimum absolute atomic E-state index is 0.126. The lowest BCUT2D eigenvalue weighted by Crippen LogP contribution is -2.25. The first kappa shape index (κ1) is 12.3. The molecule has 0 aromatic carbocycles.